The lowest BCUT2D eigenvalue weighted by Gasteiger charge is -2.00. The molecule has 2 aromatic rings. The topological polar surface area (TPSA) is 124 Å². The first kappa shape index (κ1) is 8.42. The van der Waals surface area contributed by atoms with Crippen LogP contribution in [0.5, 0.6) is 0 Å². The van der Waals surface area contributed by atoms with E-state index in [1.807, 2.05) is 0 Å². The molecule has 0 spiro atoms. The zero-order chi connectivity index (χ0) is 10.3. The number of nitrogens with two attached hydrogens (primary N) is 2. The molecule has 7 heteroatoms. The van der Waals surface area contributed by atoms with Gasteiger partial charge in [0.25, 0.3) is 5.56 Å². The summed E-state index contributed by atoms with van der Waals surface area (Å²) in [6, 6.07) is 0. The van der Waals surface area contributed by atoms with Gasteiger partial charge in [-0.05, 0) is 6.92 Å². The van der Waals surface area contributed by atoms with Gasteiger partial charge in [-0.1, -0.05) is 0 Å². The van der Waals surface area contributed by atoms with E-state index in [0.29, 0.717) is 5.69 Å². The Kier molecular flexibility index (Phi) is 1.60. The van der Waals surface area contributed by atoms with Crippen LogP contribution < -0.4 is 17.0 Å². The Morgan fingerprint density at radius 2 is 1.93 bits per heavy atom. The molecule has 0 unspecified atom stereocenters. The molecule has 0 aliphatic rings. The molecule has 0 aliphatic carbocycles. The number of nitrogen functional groups attached to an aromatic ring is 2. The maximum Gasteiger partial charge on any atom is 0.280 e. The average Bonchev–Trinajstić information content (AvgIpc) is 2.08. The van der Waals surface area contributed by atoms with Crippen LogP contribution in [0.1, 0.15) is 5.69 Å². The van der Waals surface area contributed by atoms with Crippen molar-refractivity contribution in [2.75, 3.05) is 11.5 Å². The number of hydrogen-bond donors (Lipinski definition) is 3. The molecule has 0 aliphatic heterocycles. The van der Waals surface area contributed by atoms with Crippen molar-refractivity contribution in [3.63, 3.8) is 0 Å². The number of nitrogens with one attached hydrogen (secondary N) is 1. The third-order valence-electron chi connectivity index (χ3n) is 1.77. The number of aryl methyl sites for hydroxylation is 1. The van der Waals surface area contributed by atoms with E-state index >= 15 is 0 Å². The highest BCUT2D eigenvalue weighted by Gasteiger charge is 2.07. The van der Waals surface area contributed by atoms with Crippen LogP contribution in [0, 0.1) is 6.92 Å². The van der Waals surface area contributed by atoms with E-state index in [9.17, 15) is 4.79 Å². The summed E-state index contributed by atoms with van der Waals surface area (Å²) in [6.07, 6.45) is 0. The van der Waals surface area contributed by atoms with Gasteiger partial charge in [0.15, 0.2) is 11.2 Å². The molecule has 0 saturated carbocycles. The summed E-state index contributed by atoms with van der Waals surface area (Å²) < 4.78 is 0. The van der Waals surface area contributed by atoms with Gasteiger partial charge in [0.05, 0.1) is 5.69 Å². The monoisotopic (exact) mass is 192 g/mol. The highest BCUT2D eigenvalue weighted by atomic mass is 16.1. The smallest absolute Gasteiger partial charge is 0.280 e. The lowest BCUT2D eigenvalue weighted by Crippen LogP contribution is -2.14. The van der Waals surface area contributed by atoms with Crippen molar-refractivity contribution in [3.8, 4) is 0 Å². The second-order valence-electron chi connectivity index (χ2n) is 2.82. The standard InChI is InChI=1S/C7H8N6O/c1-2-4(8)11-3-5(10-2)12-7(9)13-6(3)14/h1H3,(H2,8,11)(H3,9,10,12,13,14). The van der Waals surface area contributed by atoms with Crippen LogP contribution in [-0.2, 0) is 0 Å². The molecule has 72 valence electrons. The van der Waals surface area contributed by atoms with E-state index in [1.165, 1.54) is 0 Å². The quantitative estimate of drug-likeness (QED) is 0.501. The van der Waals surface area contributed by atoms with Crippen molar-refractivity contribution < 1.29 is 0 Å². The number of anilines is 2. The van der Waals surface area contributed by atoms with E-state index in [2.05, 4.69) is 19.9 Å². The van der Waals surface area contributed by atoms with Crippen LogP contribution in [-0.4, -0.2) is 19.9 Å². The average molecular weight is 192 g/mol. The summed E-state index contributed by atoms with van der Waals surface area (Å²) in [7, 11) is 0. The minimum absolute atomic E-state index is 0.0148. The minimum Gasteiger partial charge on any atom is -0.382 e. The van der Waals surface area contributed by atoms with Gasteiger partial charge in [-0.3, -0.25) is 9.78 Å². The van der Waals surface area contributed by atoms with E-state index in [1.54, 1.807) is 6.92 Å². The number of aromatic nitrogens is 4. The summed E-state index contributed by atoms with van der Waals surface area (Å²) in [5.74, 6) is 0.232. The van der Waals surface area contributed by atoms with E-state index < -0.39 is 5.56 Å². The van der Waals surface area contributed by atoms with Crippen LogP contribution in [0.25, 0.3) is 11.2 Å². The Balaban J connectivity index is 2.96. The molecule has 2 aromatic heterocycles. The van der Waals surface area contributed by atoms with Crippen molar-refractivity contribution in [3.05, 3.63) is 16.0 Å². The Labute approximate surface area is 78.2 Å². The highest BCUT2D eigenvalue weighted by Crippen LogP contribution is 2.08. The third-order valence-corrected chi connectivity index (χ3v) is 1.77. The molecule has 0 amide bonds. The zero-order valence-corrected chi connectivity index (χ0v) is 7.40. The number of hydrogen-bond acceptors (Lipinski definition) is 6. The second kappa shape index (κ2) is 2.66. The van der Waals surface area contributed by atoms with Gasteiger partial charge < -0.3 is 11.5 Å². The minimum atomic E-state index is -0.438. The van der Waals surface area contributed by atoms with E-state index in [-0.39, 0.29) is 22.9 Å². The van der Waals surface area contributed by atoms with Gasteiger partial charge in [0, 0.05) is 0 Å². The number of aromatic amines is 1. The molecule has 7 nitrogen and oxygen atoms in total. The first-order valence-electron chi connectivity index (χ1n) is 3.87. The fraction of sp³-hybridized carbons (Fsp3) is 0.143. The lowest BCUT2D eigenvalue weighted by molar-refractivity contribution is 1.10. The molecular weight excluding hydrogens is 184 g/mol. The fourth-order valence-corrected chi connectivity index (χ4v) is 1.07. The van der Waals surface area contributed by atoms with Gasteiger partial charge >= 0.3 is 0 Å². The molecule has 0 bridgehead atoms. The Morgan fingerprint density at radius 3 is 2.64 bits per heavy atom. The lowest BCUT2D eigenvalue weighted by atomic mass is 10.4. The van der Waals surface area contributed by atoms with Gasteiger partial charge in [-0.2, -0.15) is 4.98 Å². The largest absolute Gasteiger partial charge is 0.382 e. The van der Waals surface area contributed by atoms with Crippen molar-refractivity contribution >= 4 is 22.9 Å². The predicted octanol–water partition coefficient (Wildman–Crippen LogP) is -0.814. The SMILES string of the molecule is Cc1nc2nc(N)[nH]c(=O)c2nc1N. The van der Waals surface area contributed by atoms with E-state index in [4.69, 9.17) is 11.5 Å². The molecule has 0 aromatic carbocycles. The highest BCUT2D eigenvalue weighted by molar-refractivity contribution is 5.71. The number of rotatable bonds is 0. The number of nitrogens with zero attached hydrogens (tertiary/aromatic N) is 3. The second-order valence-corrected chi connectivity index (χ2v) is 2.82. The van der Waals surface area contributed by atoms with Crippen LogP contribution in [0.4, 0.5) is 11.8 Å². The van der Waals surface area contributed by atoms with Crippen LogP contribution >= 0.6 is 0 Å². The predicted molar refractivity (Wildman–Crippen MR) is 51.5 cm³/mol. The molecule has 0 atom stereocenters. The van der Waals surface area contributed by atoms with Gasteiger partial charge in [0.1, 0.15) is 5.82 Å². The van der Waals surface area contributed by atoms with Crippen molar-refractivity contribution in [1.29, 1.82) is 0 Å². The number of fused-ring (bicyclic) bond motifs is 1. The summed E-state index contributed by atoms with van der Waals surface area (Å²) in [6.45, 7) is 1.68. The molecule has 2 heterocycles. The van der Waals surface area contributed by atoms with Gasteiger partial charge in [-0.25, -0.2) is 9.97 Å². The molecular formula is C7H8N6O. The molecule has 0 saturated heterocycles. The molecule has 2 rings (SSSR count). The summed E-state index contributed by atoms with van der Waals surface area (Å²) >= 11 is 0. The third kappa shape index (κ3) is 1.15. The Hall–Kier alpha value is -2.18. The molecule has 0 radical (unpaired) electrons. The Bertz CT molecular complexity index is 560. The van der Waals surface area contributed by atoms with Crippen LogP contribution in [0.15, 0.2) is 4.79 Å². The van der Waals surface area contributed by atoms with Crippen molar-refractivity contribution in [2.45, 2.75) is 6.92 Å². The summed E-state index contributed by atoms with van der Waals surface area (Å²) in [5.41, 5.74) is 11.2. The maximum absolute atomic E-state index is 11.3. The van der Waals surface area contributed by atoms with Crippen LogP contribution in [0.2, 0.25) is 0 Å². The summed E-state index contributed by atoms with van der Waals surface area (Å²) in [4.78, 5) is 25.3. The van der Waals surface area contributed by atoms with Gasteiger partial charge in [0.2, 0.25) is 5.95 Å². The molecule has 0 fully saturated rings. The van der Waals surface area contributed by atoms with Crippen LogP contribution in [0.3, 0.4) is 0 Å². The van der Waals surface area contributed by atoms with E-state index in [0.717, 1.165) is 0 Å². The maximum atomic E-state index is 11.3. The van der Waals surface area contributed by atoms with Gasteiger partial charge in [-0.15, -0.1) is 0 Å². The van der Waals surface area contributed by atoms with Crippen molar-refractivity contribution in [1.82, 2.24) is 19.9 Å². The first-order valence-corrected chi connectivity index (χ1v) is 3.87. The number of H-pyrrole nitrogens is 1. The van der Waals surface area contributed by atoms with Crippen molar-refractivity contribution in [2.24, 2.45) is 0 Å². The fourth-order valence-electron chi connectivity index (χ4n) is 1.07. The molecule has 5 N–H and O–H groups in total. The Morgan fingerprint density at radius 1 is 1.21 bits per heavy atom. The molecule has 14 heavy (non-hydrogen) atoms. The first-order chi connectivity index (χ1) is 6.58. The zero-order valence-electron chi connectivity index (χ0n) is 7.40. The normalized spacial score (nSPS) is 10.6. The summed E-state index contributed by atoms with van der Waals surface area (Å²) in [5, 5.41) is 0.